The van der Waals surface area contributed by atoms with Crippen molar-refractivity contribution in [1.29, 1.82) is 0 Å². The molecule has 1 rings (SSSR count). The highest BCUT2D eigenvalue weighted by Gasteiger charge is 2.37. The molecule has 26 heavy (non-hydrogen) atoms. The third-order valence-electron chi connectivity index (χ3n) is 4.17. The highest BCUT2D eigenvalue weighted by molar-refractivity contribution is 8.00. The first kappa shape index (κ1) is 22.6. The van der Waals surface area contributed by atoms with Crippen molar-refractivity contribution in [3.05, 3.63) is 0 Å². The molecule has 1 fully saturated rings. The van der Waals surface area contributed by atoms with Crippen LogP contribution in [0.2, 0.25) is 0 Å². The smallest absolute Gasteiger partial charge is 0.242 e. The Labute approximate surface area is 158 Å². The lowest BCUT2D eigenvalue weighted by atomic mass is 10.1. The van der Waals surface area contributed by atoms with Crippen LogP contribution in [0.15, 0.2) is 0 Å². The SMILES string of the molecule is CSC1CC(=O)N(CCC(=O)NCCC(C)(C)OCNC(C)C=O)C1=O. The zero-order valence-electron chi connectivity index (χ0n) is 15.9. The van der Waals surface area contributed by atoms with Crippen LogP contribution in [-0.2, 0) is 23.9 Å². The summed E-state index contributed by atoms with van der Waals surface area (Å²) >= 11 is 1.36. The van der Waals surface area contributed by atoms with E-state index in [1.54, 1.807) is 13.2 Å². The Bertz CT molecular complexity index is 527. The predicted molar refractivity (Wildman–Crippen MR) is 99.6 cm³/mol. The molecule has 0 spiro atoms. The molecule has 2 atom stereocenters. The van der Waals surface area contributed by atoms with Crippen LogP contribution >= 0.6 is 11.8 Å². The summed E-state index contributed by atoms with van der Waals surface area (Å²) in [6.45, 7) is 6.32. The minimum atomic E-state index is -0.463. The van der Waals surface area contributed by atoms with Crippen LogP contribution in [0, 0.1) is 0 Å². The number of thioether (sulfide) groups is 1. The number of nitrogens with zero attached hydrogens (tertiary/aromatic N) is 1. The Morgan fingerprint density at radius 1 is 1.46 bits per heavy atom. The lowest BCUT2D eigenvalue weighted by Crippen LogP contribution is -2.39. The van der Waals surface area contributed by atoms with Crippen LogP contribution < -0.4 is 10.6 Å². The molecule has 0 bridgehead atoms. The van der Waals surface area contributed by atoms with Gasteiger partial charge in [0, 0.05) is 25.9 Å². The van der Waals surface area contributed by atoms with E-state index in [4.69, 9.17) is 4.74 Å². The van der Waals surface area contributed by atoms with Gasteiger partial charge in [0.05, 0.1) is 23.6 Å². The van der Waals surface area contributed by atoms with E-state index < -0.39 is 5.60 Å². The number of imide groups is 1. The van der Waals surface area contributed by atoms with Crippen molar-refractivity contribution in [3.8, 4) is 0 Å². The molecule has 1 aliphatic rings. The summed E-state index contributed by atoms with van der Waals surface area (Å²) in [5, 5.41) is 5.36. The molecule has 9 heteroatoms. The van der Waals surface area contributed by atoms with Crippen LogP contribution in [0.25, 0.3) is 0 Å². The van der Waals surface area contributed by atoms with Gasteiger partial charge >= 0.3 is 0 Å². The molecule has 0 radical (unpaired) electrons. The summed E-state index contributed by atoms with van der Waals surface area (Å²) in [5.74, 6) is -0.627. The number of amides is 3. The normalized spacial score (nSPS) is 18.9. The Kier molecular flexibility index (Phi) is 9.24. The number of ether oxygens (including phenoxy) is 1. The Balaban J connectivity index is 2.24. The van der Waals surface area contributed by atoms with E-state index in [0.717, 1.165) is 6.29 Å². The van der Waals surface area contributed by atoms with Gasteiger partial charge in [0.1, 0.15) is 6.29 Å². The maximum absolute atomic E-state index is 12.0. The predicted octanol–water partition coefficient (Wildman–Crippen LogP) is 0.303. The molecule has 1 saturated heterocycles. The molecule has 3 amide bonds. The minimum absolute atomic E-state index is 0.0955. The van der Waals surface area contributed by atoms with Gasteiger partial charge in [-0.25, -0.2) is 0 Å². The van der Waals surface area contributed by atoms with E-state index in [-0.39, 0.29) is 55.1 Å². The van der Waals surface area contributed by atoms with E-state index in [1.807, 2.05) is 13.8 Å². The van der Waals surface area contributed by atoms with Crippen molar-refractivity contribution in [2.75, 3.05) is 26.1 Å². The van der Waals surface area contributed by atoms with Crippen LogP contribution in [-0.4, -0.2) is 71.9 Å². The van der Waals surface area contributed by atoms with Crippen molar-refractivity contribution in [3.63, 3.8) is 0 Å². The van der Waals surface area contributed by atoms with Gasteiger partial charge in [0.25, 0.3) is 0 Å². The van der Waals surface area contributed by atoms with Gasteiger partial charge in [-0.2, -0.15) is 11.8 Å². The Morgan fingerprint density at radius 2 is 2.15 bits per heavy atom. The van der Waals surface area contributed by atoms with Gasteiger partial charge < -0.3 is 14.8 Å². The monoisotopic (exact) mass is 387 g/mol. The van der Waals surface area contributed by atoms with Crippen molar-refractivity contribution in [1.82, 2.24) is 15.5 Å². The van der Waals surface area contributed by atoms with Crippen molar-refractivity contribution < 1.29 is 23.9 Å². The molecule has 2 N–H and O–H groups in total. The highest BCUT2D eigenvalue weighted by atomic mass is 32.2. The van der Waals surface area contributed by atoms with Gasteiger partial charge in [0.15, 0.2) is 0 Å². The standard InChI is InChI=1S/C17H29N3O5S/c1-12(10-21)19-11-25-17(2,3)6-7-18-14(22)5-8-20-15(23)9-13(26-4)16(20)24/h10,12-13,19H,5-9,11H2,1-4H3,(H,18,22). The van der Waals surface area contributed by atoms with E-state index in [1.165, 1.54) is 16.7 Å². The third-order valence-corrected chi connectivity index (χ3v) is 5.11. The maximum Gasteiger partial charge on any atom is 0.242 e. The Hall–Kier alpha value is -1.45. The summed E-state index contributed by atoms with van der Waals surface area (Å²) < 4.78 is 5.66. The van der Waals surface area contributed by atoms with E-state index in [9.17, 15) is 19.2 Å². The highest BCUT2D eigenvalue weighted by Crippen LogP contribution is 2.23. The molecular weight excluding hydrogens is 358 g/mol. The molecule has 0 saturated carbocycles. The van der Waals surface area contributed by atoms with Gasteiger partial charge in [-0.1, -0.05) is 0 Å². The molecule has 0 aromatic heterocycles. The zero-order valence-corrected chi connectivity index (χ0v) is 16.7. The Morgan fingerprint density at radius 3 is 2.73 bits per heavy atom. The first-order chi connectivity index (χ1) is 12.2. The number of rotatable bonds is 12. The molecule has 148 valence electrons. The topological polar surface area (TPSA) is 105 Å². The number of hydrogen-bond acceptors (Lipinski definition) is 7. The van der Waals surface area contributed by atoms with E-state index >= 15 is 0 Å². The molecule has 0 aliphatic carbocycles. The first-order valence-electron chi connectivity index (χ1n) is 8.66. The fourth-order valence-electron chi connectivity index (χ4n) is 2.37. The fraction of sp³-hybridized carbons (Fsp3) is 0.765. The number of nitrogens with one attached hydrogen (secondary N) is 2. The average Bonchev–Trinajstić information content (AvgIpc) is 2.86. The second-order valence-corrected chi connectivity index (χ2v) is 7.88. The number of likely N-dealkylation sites (tertiary alicyclic amines) is 1. The number of carbonyl (C=O) groups excluding carboxylic acids is 4. The van der Waals surface area contributed by atoms with Gasteiger partial charge in [-0.15, -0.1) is 0 Å². The largest absolute Gasteiger partial charge is 0.360 e. The van der Waals surface area contributed by atoms with Crippen LogP contribution in [0.3, 0.4) is 0 Å². The molecule has 1 heterocycles. The third kappa shape index (κ3) is 7.43. The number of aldehydes is 1. The van der Waals surface area contributed by atoms with Crippen molar-refractivity contribution in [2.24, 2.45) is 0 Å². The molecule has 0 aromatic rings. The summed E-state index contributed by atoms with van der Waals surface area (Å²) in [7, 11) is 0. The molecular formula is C17H29N3O5S. The second kappa shape index (κ2) is 10.6. The summed E-state index contributed by atoms with van der Waals surface area (Å²) in [4.78, 5) is 47.4. The van der Waals surface area contributed by atoms with Crippen molar-refractivity contribution in [2.45, 2.75) is 56.9 Å². The van der Waals surface area contributed by atoms with Crippen LogP contribution in [0.4, 0.5) is 0 Å². The van der Waals surface area contributed by atoms with Gasteiger partial charge in [-0.3, -0.25) is 24.6 Å². The van der Waals surface area contributed by atoms with Crippen LogP contribution in [0.5, 0.6) is 0 Å². The number of hydrogen-bond donors (Lipinski definition) is 2. The van der Waals surface area contributed by atoms with E-state index in [2.05, 4.69) is 10.6 Å². The molecule has 0 aromatic carbocycles. The summed E-state index contributed by atoms with van der Waals surface area (Å²) in [5.41, 5.74) is -0.463. The summed E-state index contributed by atoms with van der Waals surface area (Å²) in [6.07, 6.45) is 3.49. The minimum Gasteiger partial charge on any atom is -0.360 e. The fourth-order valence-corrected chi connectivity index (χ4v) is 3.00. The summed E-state index contributed by atoms with van der Waals surface area (Å²) in [6, 6.07) is -0.271. The van der Waals surface area contributed by atoms with Crippen LogP contribution in [0.1, 0.15) is 40.0 Å². The molecule has 8 nitrogen and oxygen atoms in total. The quantitative estimate of drug-likeness (QED) is 0.282. The zero-order chi connectivity index (χ0) is 19.7. The van der Waals surface area contributed by atoms with Gasteiger partial charge in [0.2, 0.25) is 17.7 Å². The lowest BCUT2D eigenvalue weighted by Gasteiger charge is -2.26. The maximum atomic E-state index is 12.0. The first-order valence-corrected chi connectivity index (χ1v) is 9.95. The lowest BCUT2D eigenvalue weighted by molar-refractivity contribution is -0.138. The number of carbonyl (C=O) groups is 4. The molecule has 1 aliphatic heterocycles. The van der Waals surface area contributed by atoms with Gasteiger partial charge in [-0.05, 0) is 33.4 Å². The van der Waals surface area contributed by atoms with E-state index in [0.29, 0.717) is 13.0 Å². The van der Waals surface area contributed by atoms with Crippen molar-refractivity contribution >= 4 is 35.8 Å². The average molecular weight is 388 g/mol. The second-order valence-electron chi connectivity index (χ2n) is 6.84. The molecule has 2 unspecified atom stereocenters.